The van der Waals surface area contributed by atoms with E-state index in [4.69, 9.17) is 17.3 Å². The quantitative estimate of drug-likeness (QED) is 0.871. The number of benzene rings is 1. The molecule has 6 heteroatoms. The van der Waals surface area contributed by atoms with Crippen LogP contribution in [0.3, 0.4) is 0 Å². The van der Waals surface area contributed by atoms with Crippen LogP contribution in [0.4, 0.5) is 0 Å². The van der Waals surface area contributed by atoms with E-state index in [2.05, 4.69) is 15.9 Å². The lowest BCUT2D eigenvalue weighted by atomic mass is 10.0. The number of nitrogens with two attached hydrogens (primary N) is 1. The molecule has 0 radical (unpaired) electrons. The first-order chi connectivity index (χ1) is 8.49. The molecule has 2 rings (SSSR count). The average molecular weight is 368 g/mol. The average Bonchev–Trinajstić information content (AvgIpc) is 2.77. The minimum atomic E-state index is 0. The summed E-state index contributed by atoms with van der Waals surface area (Å²) in [5.41, 5.74) is 6.54. The molecule has 19 heavy (non-hydrogen) atoms. The largest absolute Gasteiger partial charge is 0.338 e. The maximum absolute atomic E-state index is 12.4. The van der Waals surface area contributed by atoms with Crippen LogP contribution in [0.15, 0.2) is 22.7 Å². The SMILES string of the molecule is CC(N)C1CCN(C(=O)c2ccc(Cl)cc2Br)C1.Cl. The van der Waals surface area contributed by atoms with Gasteiger partial charge in [0.25, 0.3) is 5.91 Å². The Labute approximate surface area is 133 Å². The molecular weight excluding hydrogens is 351 g/mol. The first-order valence-corrected chi connectivity index (χ1v) is 7.16. The fraction of sp³-hybridized carbons (Fsp3) is 0.462. The molecule has 1 aliphatic rings. The summed E-state index contributed by atoms with van der Waals surface area (Å²) in [6.45, 7) is 3.52. The van der Waals surface area contributed by atoms with Crippen LogP contribution in [0.25, 0.3) is 0 Å². The predicted octanol–water partition coefficient (Wildman–Crippen LogP) is 3.33. The molecule has 0 bridgehead atoms. The van der Waals surface area contributed by atoms with Crippen molar-refractivity contribution in [2.45, 2.75) is 19.4 Å². The van der Waals surface area contributed by atoms with Gasteiger partial charge in [-0.3, -0.25) is 4.79 Å². The Morgan fingerprint density at radius 3 is 2.79 bits per heavy atom. The number of carbonyl (C=O) groups excluding carboxylic acids is 1. The van der Waals surface area contributed by atoms with Gasteiger partial charge in [-0.25, -0.2) is 0 Å². The second-order valence-electron chi connectivity index (χ2n) is 4.78. The number of amides is 1. The van der Waals surface area contributed by atoms with Crippen LogP contribution in [0.5, 0.6) is 0 Å². The number of halogens is 3. The zero-order valence-electron chi connectivity index (χ0n) is 10.6. The van der Waals surface area contributed by atoms with Crippen molar-refractivity contribution >= 4 is 45.8 Å². The molecule has 2 atom stereocenters. The van der Waals surface area contributed by atoms with Gasteiger partial charge >= 0.3 is 0 Å². The Morgan fingerprint density at radius 1 is 1.58 bits per heavy atom. The van der Waals surface area contributed by atoms with Crippen molar-refractivity contribution < 1.29 is 4.79 Å². The molecule has 0 spiro atoms. The van der Waals surface area contributed by atoms with E-state index in [0.29, 0.717) is 16.5 Å². The topological polar surface area (TPSA) is 46.3 Å². The minimum Gasteiger partial charge on any atom is -0.338 e. The highest BCUT2D eigenvalue weighted by Gasteiger charge is 2.29. The summed E-state index contributed by atoms with van der Waals surface area (Å²) >= 11 is 9.26. The summed E-state index contributed by atoms with van der Waals surface area (Å²) in [6, 6.07) is 5.37. The highest BCUT2D eigenvalue weighted by Crippen LogP contribution is 2.26. The molecule has 2 N–H and O–H groups in total. The zero-order valence-corrected chi connectivity index (χ0v) is 13.8. The monoisotopic (exact) mass is 366 g/mol. The normalized spacial score (nSPS) is 20.0. The molecule has 1 saturated heterocycles. The van der Waals surface area contributed by atoms with Gasteiger partial charge in [0.2, 0.25) is 0 Å². The van der Waals surface area contributed by atoms with Gasteiger partial charge in [0.15, 0.2) is 0 Å². The fourth-order valence-corrected chi connectivity index (χ4v) is 3.09. The molecule has 3 nitrogen and oxygen atoms in total. The molecule has 1 heterocycles. The Bertz CT molecular complexity index is 468. The predicted molar refractivity (Wildman–Crippen MR) is 84.1 cm³/mol. The molecule has 0 aliphatic carbocycles. The molecule has 1 aromatic carbocycles. The molecule has 1 aliphatic heterocycles. The van der Waals surface area contributed by atoms with Gasteiger partial charge < -0.3 is 10.6 Å². The maximum Gasteiger partial charge on any atom is 0.255 e. The van der Waals surface area contributed by atoms with Crippen molar-refractivity contribution in [3.05, 3.63) is 33.3 Å². The van der Waals surface area contributed by atoms with Crippen LogP contribution in [-0.4, -0.2) is 29.9 Å². The summed E-state index contributed by atoms with van der Waals surface area (Å²) < 4.78 is 0.740. The van der Waals surface area contributed by atoms with Crippen molar-refractivity contribution in [3.63, 3.8) is 0 Å². The highest BCUT2D eigenvalue weighted by atomic mass is 79.9. The van der Waals surface area contributed by atoms with Crippen LogP contribution in [0.2, 0.25) is 5.02 Å². The summed E-state index contributed by atoms with van der Waals surface area (Å²) in [4.78, 5) is 14.2. The van der Waals surface area contributed by atoms with Crippen molar-refractivity contribution in [3.8, 4) is 0 Å². The second kappa shape index (κ2) is 6.93. The third kappa shape index (κ3) is 3.85. The molecule has 1 fully saturated rings. The van der Waals surface area contributed by atoms with E-state index in [9.17, 15) is 4.79 Å². The molecule has 106 valence electrons. The number of likely N-dealkylation sites (tertiary alicyclic amines) is 1. The third-order valence-corrected chi connectivity index (χ3v) is 4.31. The Morgan fingerprint density at radius 2 is 2.26 bits per heavy atom. The molecule has 2 unspecified atom stereocenters. The summed E-state index contributed by atoms with van der Waals surface area (Å²) in [5, 5.41) is 0.619. The smallest absolute Gasteiger partial charge is 0.255 e. The first kappa shape index (κ1) is 16.8. The summed E-state index contributed by atoms with van der Waals surface area (Å²) in [7, 11) is 0. The van der Waals surface area contributed by atoms with Crippen molar-refractivity contribution in [1.29, 1.82) is 0 Å². The van der Waals surface area contributed by atoms with E-state index in [1.165, 1.54) is 0 Å². The molecule has 1 aromatic rings. The minimum absolute atomic E-state index is 0. The maximum atomic E-state index is 12.4. The van der Waals surface area contributed by atoms with Gasteiger partial charge in [0.1, 0.15) is 0 Å². The lowest BCUT2D eigenvalue weighted by Crippen LogP contribution is -2.33. The lowest BCUT2D eigenvalue weighted by molar-refractivity contribution is 0.0785. The van der Waals surface area contributed by atoms with Crippen molar-refractivity contribution in [1.82, 2.24) is 4.90 Å². The van der Waals surface area contributed by atoms with Gasteiger partial charge in [-0.15, -0.1) is 12.4 Å². The zero-order chi connectivity index (χ0) is 13.3. The van der Waals surface area contributed by atoms with Gasteiger partial charge in [0.05, 0.1) is 5.56 Å². The Kier molecular flexibility index (Phi) is 6.12. The van der Waals surface area contributed by atoms with Crippen LogP contribution < -0.4 is 5.73 Å². The number of carbonyl (C=O) groups is 1. The van der Waals surface area contributed by atoms with E-state index in [1.807, 2.05) is 11.8 Å². The standard InChI is InChI=1S/C13H16BrClN2O.ClH/c1-8(16)9-4-5-17(7-9)13(18)11-3-2-10(15)6-12(11)14;/h2-3,6,8-9H,4-5,7,16H2,1H3;1H. The van der Waals surface area contributed by atoms with E-state index >= 15 is 0 Å². The second-order valence-corrected chi connectivity index (χ2v) is 6.07. The molecule has 1 amide bonds. The van der Waals surface area contributed by atoms with Crippen LogP contribution in [-0.2, 0) is 0 Å². The van der Waals surface area contributed by atoms with Crippen molar-refractivity contribution in [2.24, 2.45) is 11.7 Å². The van der Waals surface area contributed by atoms with Crippen LogP contribution in [0, 0.1) is 5.92 Å². The summed E-state index contributed by atoms with van der Waals surface area (Å²) in [6.07, 6.45) is 0.981. The van der Waals surface area contributed by atoms with Crippen LogP contribution >= 0.6 is 39.9 Å². The molecule has 0 saturated carbocycles. The fourth-order valence-electron chi connectivity index (χ4n) is 2.23. The van der Waals surface area contributed by atoms with Gasteiger partial charge in [-0.05, 0) is 53.4 Å². The first-order valence-electron chi connectivity index (χ1n) is 5.99. The summed E-state index contributed by atoms with van der Waals surface area (Å²) in [5.74, 6) is 0.446. The van der Waals surface area contributed by atoms with E-state index < -0.39 is 0 Å². The number of hydrogen-bond donors (Lipinski definition) is 1. The molecular formula is C13H17BrCl2N2O. The van der Waals surface area contributed by atoms with Crippen molar-refractivity contribution in [2.75, 3.05) is 13.1 Å². The number of nitrogens with zero attached hydrogens (tertiary/aromatic N) is 1. The van der Waals surface area contributed by atoms with Gasteiger partial charge in [-0.1, -0.05) is 11.6 Å². The van der Waals surface area contributed by atoms with Gasteiger partial charge in [0, 0.05) is 28.6 Å². The van der Waals surface area contributed by atoms with E-state index in [0.717, 1.165) is 24.0 Å². The number of hydrogen-bond acceptors (Lipinski definition) is 2. The Balaban J connectivity index is 0.00000180. The van der Waals surface area contributed by atoms with E-state index in [-0.39, 0.29) is 24.4 Å². The molecule has 0 aromatic heterocycles. The third-order valence-electron chi connectivity index (χ3n) is 3.42. The van der Waals surface area contributed by atoms with Gasteiger partial charge in [-0.2, -0.15) is 0 Å². The lowest BCUT2D eigenvalue weighted by Gasteiger charge is -2.18. The number of rotatable bonds is 2. The van der Waals surface area contributed by atoms with Crippen LogP contribution in [0.1, 0.15) is 23.7 Å². The Hall–Kier alpha value is -0.290. The van der Waals surface area contributed by atoms with E-state index in [1.54, 1.807) is 18.2 Å². The highest BCUT2D eigenvalue weighted by molar-refractivity contribution is 9.10.